The number of anilines is 1. The van der Waals surface area contributed by atoms with E-state index in [9.17, 15) is 13.2 Å². The van der Waals surface area contributed by atoms with Crippen LogP contribution in [0.5, 0.6) is 0 Å². The van der Waals surface area contributed by atoms with Crippen LogP contribution < -0.4 is 10.0 Å². The van der Waals surface area contributed by atoms with Gasteiger partial charge in [-0.2, -0.15) is 0 Å². The fourth-order valence-corrected chi connectivity index (χ4v) is 3.39. The predicted octanol–water partition coefficient (Wildman–Crippen LogP) is 2.95. The van der Waals surface area contributed by atoms with E-state index in [4.69, 9.17) is 4.74 Å². The van der Waals surface area contributed by atoms with Gasteiger partial charge in [-0.3, -0.25) is 9.52 Å². The molecule has 2 aromatic rings. The van der Waals surface area contributed by atoms with Crippen LogP contribution in [-0.4, -0.2) is 34.1 Å². The minimum absolute atomic E-state index is 0.148. The standard InChI is InChI=1S/C19H24N2O4S/c1-3-25-14-6-13-20-19(22)17-7-4-5-8-18(17)21-26(23,24)16-11-9-15(2)10-12-16/h4-5,7-12,21H,3,6,13-14H2,1-2H3,(H,20,22). The molecular weight excluding hydrogens is 352 g/mol. The van der Waals surface area contributed by atoms with Crippen molar-refractivity contribution < 1.29 is 17.9 Å². The van der Waals surface area contributed by atoms with Gasteiger partial charge in [0.1, 0.15) is 0 Å². The van der Waals surface area contributed by atoms with Crippen LogP contribution in [0.3, 0.4) is 0 Å². The molecular formula is C19H24N2O4S. The van der Waals surface area contributed by atoms with Crippen LogP contribution in [-0.2, 0) is 14.8 Å². The highest BCUT2D eigenvalue weighted by atomic mass is 32.2. The van der Waals surface area contributed by atoms with Gasteiger partial charge in [-0.15, -0.1) is 0 Å². The topological polar surface area (TPSA) is 84.5 Å². The van der Waals surface area contributed by atoms with Gasteiger partial charge in [0.15, 0.2) is 0 Å². The fraction of sp³-hybridized carbons (Fsp3) is 0.316. The number of carbonyl (C=O) groups is 1. The Morgan fingerprint density at radius 2 is 1.77 bits per heavy atom. The second kappa shape index (κ2) is 9.35. The van der Waals surface area contributed by atoms with Crippen molar-refractivity contribution in [2.24, 2.45) is 0 Å². The lowest BCUT2D eigenvalue weighted by atomic mass is 10.1. The molecule has 0 fully saturated rings. The minimum Gasteiger partial charge on any atom is -0.382 e. The zero-order chi connectivity index (χ0) is 19.0. The smallest absolute Gasteiger partial charge is 0.261 e. The Morgan fingerprint density at radius 3 is 2.46 bits per heavy atom. The molecule has 0 unspecified atom stereocenters. The molecule has 2 rings (SSSR count). The molecule has 0 radical (unpaired) electrons. The Hall–Kier alpha value is -2.38. The highest BCUT2D eigenvalue weighted by Crippen LogP contribution is 2.20. The molecule has 6 nitrogen and oxygen atoms in total. The normalized spacial score (nSPS) is 11.2. The number of carbonyl (C=O) groups excluding carboxylic acids is 1. The van der Waals surface area contributed by atoms with Crippen LogP contribution in [0.25, 0.3) is 0 Å². The first-order chi connectivity index (χ1) is 12.4. The second-order valence-electron chi connectivity index (χ2n) is 5.77. The Balaban J connectivity index is 2.10. The van der Waals surface area contributed by atoms with Gasteiger partial charge in [0.2, 0.25) is 0 Å². The lowest BCUT2D eigenvalue weighted by molar-refractivity contribution is 0.0945. The van der Waals surface area contributed by atoms with E-state index in [1.807, 2.05) is 13.8 Å². The molecule has 0 bridgehead atoms. The third-order valence-corrected chi connectivity index (χ3v) is 5.08. The molecule has 2 aromatic carbocycles. The Bertz CT molecular complexity index is 833. The first-order valence-electron chi connectivity index (χ1n) is 8.48. The quantitative estimate of drug-likeness (QED) is 0.659. The molecule has 140 valence electrons. The van der Waals surface area contributed by atoms with Gasteiger partial charge in [-0.1, -0.05) is 29.8 Å². The summed E-state index contributed by atoms with van der Waals surface area (Å²) in [5.41, 5.74) is 1.49. The Kier molecular flexibility index (Phi) is 7.17. The summed E-state index contributed by atoms with van der Waals surface area (Å²) in [7, 11) is -3.77. The summed E-state index contributed by atoms with van der Waals surface area (Å²) in [6, 6.07) is 13.1. The second-order valence-corrected chi connectivity index (χ2v) is 7.45. The third-order valence-electron chi connectivity index (χ3n) is 3.70. The maximum absolute atomic E-state index is 12.6. The number of ether oxygens (including phenoxy) is 1. The SMILES string of the molecule is CCOCCCNC(=O)c1ccccc1NS(=O)(=O)c1ccc(C)cc1. The van der Waals surface area contributed by atoms with Crippen molar-refractivity contribution in [3.8, 4) is 0 Å². The van der Waals surface area contributed by atoms with Crippen LogP contribution >= 0.6 is 0 Å². The molecule has 7 heteroatoms. The van der Waals surface area contributed by atoms with Crippen LogP contribution in [0.4, 0.5) is 5.69 Å². The molecule has 0 saturated heterocycles. The number of para-hydroxylation sites is 1. The zero-order valence-electron chi connectivity index (χ0n) is 15.0. The van der Waals surface area contributed by atoms with Crippen LogP contribution in [0, 0.1) is 6.92 Å². The van der Waals surface area contributed by atoms with Crippen molar-refractivity contribution in [3.63, 3.8) is 0 Å². The van der Waals surface area contributed by atoms with Gasteiger partial charge in [0.05, 0.1) is 16.1 Å². The van der Waals surface area contributed by atoms with E-state index in [1.165, 1.54) is 12.1 Å². The predicted molar refractivity (Wildman–Crippen MR) is 102 cm³/mol. The van der Waals surface area contributed by atoms with Crippen LogP contribution in [0.2, 0.25) is 0 Å². The summed E-state index contributed by atoms with van der Waals surface area (Å²) < 4.78 is 32.8. The summed E-state index contributed by atoms with van der Waals surface area (Å²) in [6.07, 6.45) is 0.691. The van der Waals surface area contributed by atoms with Crippen molar-refractivity contribution in [1.29, 1.82) is 0 Å². The summed E-state index contributed by atoms with van der Waals surface area (Å²) in [4.78, 5) is 12.5. The molecule has 1 amide bonds. The van der Waals surface area contributed by atoms with Crippen LogP contribution in [0.1, 0.15) is 29.3 Å². The minimum atomic E-state index is -3.77. The van der Waals surface area contributed by atoms with E-state index in [0.717, 1.165) is 5.56 Å². The molecule has 0 heterocycles. The summed E-state index contributed by atoms with van der Waals surface area (Å²) in [5.74, 6) is -0.330. The van der Waals surface area contributed by atoms with Crippen molar-refractivity contribution in [2.75, 3.05) is 24.5 Å². The fourth-order valence-electron chi connectivity index (χ4n) is 2.31. The van der Waals surface area contributed by atoms with Crippen LogP contribution in [0.15, 0.2) is 53.4 Å². The molecule has 0 atom stereocenters. The van der Waals surface area contributed by atoms with Gasteiger partial charge in [-0.05, 0) is 44.5 Å². The zero-order valence-corrected chi connectivity index (χ0v) is 15.8. The number of aryl methyl sites for hydroxylation is 1. The molecule has 0 spiro atoms. The average molecular weight is 376 g/mol. The monoisotopic (exact) mass is 376 g/mol. The van der Waals surface area contributed by atoms with Crippen molar-refractivity contribution in [1.82, 2.24) is 5.32 Å². The number of rotatable bonds is 9. The third kappa shape index (κ3) is 5.57. The summed E-state index contributed by atoms with van der Waals surface area (Å²) in [6.45, 7) is 5.46. The number of amides is 1. The largest absolute Gasteiger partial charge is 0.382 e. The van der Waals surface area contributed by atoms with E-state index < -0.39 is 10.0 Å². The van der Waals surface area contributed by atoms with Crippen molar-refractivity contribution in [2.45, 2.75) is 25.2 Å². The van der Waals surface area contributed by atoms with Crippen molar-refractivity contribution >= 4 is 21.6 Å². The number of hydrogen-bond acceptors (Lipinski definition) is 4. The van der Waals surface area contributed by atoms with E-state index in [-0.39, 0.29) is 22.1 Å². The number of sulfonamides is 1. The van der Waals surface area contributed by atoms with Gasteiger partial charge < -0.3 is 10.1 Å². The maximum atomic E-state index is 12.6. The summed E-state index contributed by atoms with van der Waals surface area (Å²) >= 11 is 0. The van der Waals surface area contributed by atoms with E-state index in [0.29, 0.717) is 26.2 Å². The Labute approximate surface area is 154 Å². The molecule has 0 aliphatic rings. The number of nitrogens with one attached hydrogen (secondary N) is 2. The lowest BCUT2D eigenvalue weighted by Gasteiger charge is -2.13. The van der Waals surface area contributed by atoms with Gasteiger partial charge in [-0.25, -0.2) is 8.42 Å². The first-order valence-corrected chi connectivity index (χ1v) is 9.97. The molecule has 26 heavy (non-hydrogen) atoms. The average Bonchev–Trinajstić information content (AvgIpc) is 2.62. The summed E-state index contributed by atoms with van der Waals surface area (Å²) in [5, 5.41) is 2.78. The Morgan fingerprint density at radius 1 is 1.08 bits per heavy atom. The number of hydrogen-bond donors (Lipinski definition) is 2. The highest BCUT2D eigenvalue weighted by molar-refractivity contribution is 7.92. The molecule has 2 N–H and O–H groups in total. The highest BCUT2D eigenvalue weighted by Gasteiger charge is 2.18. The van der Waals surface area contributed by atoms with Gasteiger partial charge >= 0.3 is 0 Å². The molecule has 0 aliphatic carbocycles. The van der Waals surface area contributed by atoms with E-state index in [1.54, 1.807) is 36.4 Å². The van der Waals surface area contributed by atoms with E-state index in [2.05, 4.69) is 10.0 Å². The lowest BCUT2D eigenvalue weighted by Crippen LogP contribution is -2.27. The number of benzene rings is 2. The molecule has 0 aromatic heterocycles. The maximum Gasteiger partial charge on any atom is 0.261 e. The van der Waals surface area contributed by atoms with Gasteiger partial charge in [0.25, 0.3) is 15.9 Å². The molecule has 0 saturated carbocycles. The van der Waals surface area contributed by atoms with Crippen molar-refractivity contribution in [3.05, 3.63) is 59.7 Å². The van der Waals surface area contributed by atoms with Gasteiger partial charge in [0, 0.05) is 19.8 Å². The van der Waals surface area contributed by atoms with E-state index >= 15 is 0 Å². The molecule has 0 aliphatic heterocycles. The first kappa shape index (κ1) is 19.9.